The fraction of sp³-hybridized carbons (Fsp3) is 0.136. The number of H-pyrrole nitrogens is 1. The number of benzene rings is 1. The summed E-state index contributed by atoms with van der Waals surface area (Å²) in [5, 5.41) is 1.45. The van der Waals surface area contributed by atoms with Crippen LogP contribution in [0.5, 0.6) is 11.5 Å². The topological polar surface area (TPSA) is 77.1 Å². The van der Waals surface area contributed by atoms with Crippen LogP contribution in [0.1, 0.15) is 21.6 Å². The molecule has 0 atom stereocenters. The third-order valence-electron chi connectivity index (χ3n) is 4.54. The SMILES string of the molecule is COc1cc(C(=O)c2c[nH]c3ncccc23)ncc1OCCc1ccc(Cl)cc1. The summed E-state index contributed by atoms with van der Waals surface area (Å²) in [6.07, 6.45) is 5.54. The molecule has 0 fully saturated rings. The van der Waals surface area contributed by atoms with Crippen molar-refractivity contribution in [1.82, 2.24) is 15.0 Å². The molecule has 0 bridgehead atoms. The smallest absolute Gasteiger partial charge is 0.213 e. The number of nitrogens with one attached hydrogen (secondary N) is 1. The van der Waals surface area contributed by atoms with Gasteiger partial charge < -0.3 is 14.5 Å². The van der Waals surface area contributed by atoms with Crippen LogP contribution in [0.4, 0.5) is 0 Å². The van der Waals surface area contributed by atoms with Crippen LogP contribution in [0.15, 0.2) is 61.1 Å². The molecule has 1 N–H and O–H groups in total. The molecule has 7 heteroatoms. The van der Waals surface area contributed by atoms with Gasteiger partial charge in [0.1, 0.15) is 11.3 Å². The van der Waals surface area contributed by atoms with E-state index in [-0.39, 0.29) is 11.5 Å². The van der Waals surface area contributed by atoms with Gasteiger partial charge in [-0.05, 0) is 29.8 Å². The van der Waals surface area contributed by atoms with Crippen LogP contribution in [-0.2, 0) is 6.42 Å². The molecule has 0 amide bonds. The summed E-state index contributed by atoms with van der Waals surface area (Å²) in [7, 11) is 1.53. The van der Waals surface area contributed by atoms with Crippen molar-refractivity contribution in [2.45, 2.75) is 6.42 Å². The molecule has 0 saturated heterocycles. The Hall–Kier alpha value is -3.38. The maximum atomic E-state index is 12.9. The summed E-state index contributed by atoms with van der Waals surface area (Å²) < 4.78 is 11.2. The van der Waals surface area contributed by atoms with Crippen LogP contribution in [0.3, 0.4) is 0 Å². The van der Waals surface area contributed by atoms with Crippen molar-refractivity contribution in [3.63, 3.8) is 0 Å². The lowest BCUT2D eigenvalue weighted by atomic mass is 10.1. The second-order valence-corrected chi connectivity index (χ2v) is 6.81. The molecule has 0 aliphatic rings. The van der Waals surface area contributed by atoms with Crippen LogP contribution in [0.25, 0.3) is 11.0 Å². The number of fused-ring (bicyclic) bond motifs is 1. The Morgan fingerprint density at radius 3 is 2.76 bits per heavy atom. The van der Waals surface area contributed by atoms with Crippen molar-refractivity contribution in [2.75, 3.05) is 13.7 Å². The normalized spacial score (nSPS) is 10.8. The molecule has 0 saturated carbocycles. The maximum Gasteiger partial charge on any atom is 0.213 e. The molecule has 4 aromatic rings. The summed E-state index contributed by atoms with van der Waals surface area (Å²) in [5.41, 5.74) is 2.56. The standard InChI is InChI=1S/C22H18ClN3O3/c1-28-19-11-18(21(27)17-12-26-22-16(17)3-2-9-24-22)25-13-20(19)29-10-8-14-4-6-15(23)7-5-14/h2-7,9,11-13H,8,10H2,1H3,(H,24,26). The Balaban J connectivity index is 1.50. The molecule has 3 aromatic heterocycles. The quantitative estimate of drug-likeness (QED) is 0.457. The third kappa shape index (κ3) is 4.07. The molecule has 0 radical (unpaired) electrons. The van der Waals surface area contributed by atoms with Crippen molar-refractivity contribution in [3.05, 3.63) is 82.9 Å². The van der Waals surface area contributed by atoms with E-state index in [9.17, 15) is 4.79 Å². The molecular formula is C22H18ClN3O3. The van der Waals surface area contributed by atoms with Crippen LogP contribution in [-0.4, -0.2) is 34.5 Å². The van der Waals surface area contributed by atoms with Gasteiger partial charge in [0.15, 0.2) is 11.5 Å². The number of carbonyl (C=O) groups excluding carboxylic acids is 1. The molecule has 4 rings (SSSR count). The third-order valence-corrected chi connectivity index (χ3v) is 4.79. The van der Waals surface area contributed by atoms with E-state index in [1.54, 1.807) is 24.5 Å². The fourth-order valence-electron chi connectivity index (χ4n) is 3.03. The van der Waals surface area contributed by atoms with Gasteiger partial charge in [-0.25, -0.2) is 9.97 Å². The number of pyridine rings is 2. The van der Waals surface area contributed by atoms with Gasteiger partial charge in [-0.15, -0.1) is 0 Å². The number of hydrogen-bond acceptors (Lipinski definition) is 5. The molecular weight excluding hydrogens is 390 g/mol. The number of rotatable bonds is 7. The summed E-state index contributed by atoms with van der Waals surface area (Å²) in [5.74, 6) is 0.728. The molecule has 29 heavy (non-hydrogen) atoms. The Kier molecular flexibility index (Phi) is 5.44. The Bertz CT molecular complexity index is 1160. The molecule has 6 nitrogen and oxygen atoms in total. The van der Waals surface area contributed by atoms with E-state index in [1.165, 1.54) is 13.3 Å². The highest BCUT2D eigenvalue weighted by Crippen LogP contribution is 2.28. The van der Waals surface area contributed by atoms with Crippen LogP contribution in [0.2, 0.25) is 5.02 Å². The first-order valence-electron chi connectivity index (χ1n) is 9.04. The number of halogens is 1. The molecule has 0 aliphatic heterocycles. The average molecular weight is 408 g/mol. The maximum absolute atomic E-state index is 12.9. The molecule has 3 heterocycles. The molecule has 0 unspecified atom stereocenters. The highest BCUT2D eigenvalue weighted by molar-refractivity contribution is 6.30. The number of methoxy groups -OCH3 is 1. The van der Waals surface area contributed by atoms with E-state index in [4.69, 9.17) is 21.1 Å². The summed E-state index contributed by atoms with van der Waals surface area (Å²) in [4.78, 5) is 24.4. The van der Waals surface area contributed by atoms with Gasteiger partial charge in [-0.1, -0.05) is 23.7 Å². The van der Waals surface area contributed by atoms with Gasteiger partial charge in [-0.2, -0.15) is 0 Å². The van der Waals surface area contributed by atoms with Crippen molar-refractivity contribution in [3.8, 4) is 11.5 Å². The predicted octanol–water partition coefficient (Wildman–Crippen LogP) is 4.47. The van der Waals surface area contributed by atoms with Crippen molar-refractivity contribution < 1.29 is 14.3 Å². The Labute approximate surface area is 172 Å². The second-order valence-electron chi connectivity index (χ2n) is 6.38. The minimum Gasteiger partial charge on any atom is -0.493 e. The van der Waals surface area contributed by atoms with Gasteiger partial charge >= 0.3 is 0 Å². The molecule has 0 aliphatic carbocycles. The van der Waals surface area contributed by atoms with Crippen molar-refractivity contribution in [1.29, 1.82) is 0 Å². The van der Waals surface area contributed by atoms with E-state index in [0.717, 1.165) is 10.9 Å². The van der Waals surface area contributed by atoms with Crippen LogP contribution >= 0.6 is 11.6 Å². The van der Waals surface area contributed by atoms with Crippen LogP contribution < -0.4 is 9.47 Å². The zero-order valence-electron chi connectivity index (χ0n) is 15.7. The minimum absolute atomic E-state index is 0.213. The minimum atomic E-state index is -0.213. The highest BCUT2D eigenvalue weighted by atomic mass is 35.5. The lowest BCUT2D eigenvalue weighted by Crippen LogP contribution is -2.07. The van der Waals surface area contributed by atoms with Gasteiger partial charge in [0.25, 0.3) is 0 Å². The lowest BCUT2D eigenvalue weighted by molar-refractivity contribution is 0.103. The van der Waals surface area contributed by atoms with Crippen molar-refractivity contribution >= 4 is 28.4 Å². The zero-order valence-corrected chi connectivity index (χ0v) is 16.4. The van der Waals surface area contributed by atoms with Gasteiger partial charge in [0.05, 0.1) is 25.5 Å². The van der Waals surface area contributed by atoms with Gasteiger partial charge in [0.2, 0.25) is 5.78 Å². The number of nitrogens with zero attached hydrogens (tertiary/aromatic N) is 2. The average Bonchev–Trinajstić information content (AvgIpc) is 3.19. The number of hydrogen-bond donors (Lipinski definition) is 1. The Morgan fingerprint density at radius 1 is 1.14 bits per heavy atom. The van der Waals surface area contributed by atoms with E-state index in [2.05, 4.69) is 15.0 Å². The molecule has 1 aromatic carbocycles. The number of carbonyl (C=O) groups is 1. The van der Waals surface area contributed by atoms with E-state index >= 15 is 0 Å². The van der Waals surface area contributed by atoms with Crippen LogP contribution in [0, 0.1) is 0 Å². The number of ether oxygens (including phenoxy) is 2. The molecule has 0 spiro atoms. The van der Waals surface area contributed by atoms with E-state index in [1.807, 2.05) is 30.3 Å². The number of ketones is 1. The lowest BCUT2D eigenvalue weighted by Gasteiger charge is -2.11. The summed E-state index contributed by atoms with van der Waals surface area (Å²) >= 11 is 5.90. The fourth-order valence-corrected chi connectivity index (χ4v) is 3.15. The first-order valence-corrected chi connectivity index (χ1v) is 9.41. The number of aromatic nitrogens is 3. The zero-order chi connectivity index (χ0) is 20.2. The largest absolute Gasteiger partial charge is 0.493 e. The molecule has 146 valence electrons. The first kappa shape index (κ1) is 19.0. The first-order chi connectivity index (χ1) is 14.2. The highest BCUT2D eigenvalue weighted by Gasteiger charge is 2.18. The predicted molar refractivity (Wildman–Crippen MR) is 111 cm³/mol. The van der Waals surface area contributed by atoms with Gasteiger partial charge in [-0.3, -0.25) is 4.79 Å². The number of aromatic amines is 1. The Morgan fingerprint density at radius 2 is 1.97 bits per heavy atom. The summed E-state index contributed by atoms with van der Waals surface area (Å²) in [6.45, 7) is 0.446. The van der Waals surface area contributed by atoms with E-state index < -0.39 is 0 Å². The summed E-state index contributed by atoms with van der Waals surface area (Å²) in [6, 6.07) is 12.8. The van der Waals surface area contributed by atoms with Gasteiger partial charge in [0, 0.05) is 35.3 Å². The van der Waals surface area contributed by atoms with E-state index in [0.29, 0.717) is 40.8 Å². The second kappa shape index (κ2) is 8.32. The monoisotopic (exact) mass is 407 g/mol. The van der Waals surface area contributed by atoms with Crippen molar-refractivity contribution in [2.24, 2.45) is 0 Å².